The van der Waals surface area contributed by atoms with Crippen LogP contribution in [0.15, 0.2) is 85.5 Å². The van der Waals surface area contributed by atoms with Gasteiger partial charge in [0.2, 0.25) is 0 Å². The van der Waals surface area contributed by atoms with Crippen LogP contribution in [0.25, 0.3) is 11.0 Å². The van der Waals surface area contributed by atoms with E-state index >= 15 is 0 Å². The molecule has 0 unspecified atom stereocenters. The van der Waals surface area contributed by atoms with E-state index in [1.807, 2.05) is 66.7 Å². The van der Waals surface area contributed by atoms with E-state index in [1.165, 1.54) is 0 Å². The lowest BCUT2D eigenvalue weighted by Gasteiger charge is -2.13. The van der Waals surface area contributed by atoms with Gasteiger partial charge in [-0.3, -0.25) is 0 Å². The monoisotopic (exact) mass is 418 g/mol. The Bertz CT molecular complexity index is 1140. The molecule has 1 aromatic heterocycles. The van der Waals surface area contributed by atoms with Crippen molar-refractivity contribution in [2.45, 2.75) is 19.6 Å². The number of hydrogen-bond donors (Lipinski definition) is 0. The minimum Gasteiger partial charge on any atom is -0.491 e. The van der Waals surface area contributed by atoms with Gasteiger partial charge in [-0.2, -0.15) is 0 Å². The van der Waals surface area contributed by atoms with Crippen LogP contribution in [0.2, 0.25) is 5.02 Å². The zero-order valence-electron chi connectivity index (χ0n) is 16.6. The molecule has 30 heavy (non-hydrogen) atoms. The molecule has 0 atom stereocenters. The first-order valence-corrected chi connectivity index (χ1v) is 10.3. The number of fused-ring (bicyclic) bond motifs is 1. The number of hydrogen-bond acceptors (Lipinski definition) is 3. The molecule has 0 radical (unpaired) electrons. The molecule has 4 aromatic rings. The van der Waals surface area contributed by atoms with Crippen molar-refractivity contribution in [3.8, 4) is 11.5 Å². The fourth-order valence-electron chi connectivity index (χ4n) is 3.38. The minimum absolute atomic E-state index is 0.364. The summed E-state index contributed by atoms with van der Waals surface area (Å²) in [6.45, 7) is 5.39. The fourth-order valence-corrected chi connectivity index (χ4v) is 3.51. The van der Waals surface area contributed by atoms with Crippen LogP contribution < -0.4 is 9.47 Å². The van der Waals surface area contributed by atoms with Crippen LogP contribution in [-0.4, -0.2) is 16.2 Å². The van der Waals surface area contributed by atoms with Gasteiger partial charge >= 0.3 is 0 Å². The highest BCUT2D eigenvalue weighted by molar-refractivity contribution is 6.30. The van der Waals surface area contributed by atoms with Crippen LogP contribution in [0, 0.1) is 0 Å². The second kappa shape index (κ2) is 9.51. The molecule has 0 saturated heterocycles. The maximum absolute atomic E-state index is 6.09. The second-order valence-corrected chi connectivity index (χ2v) is 7.30. The highest BCUT2D eigenvalue weighted by atomic mass is 35.5. The maximum Gasteiger partial charge on any atom is 0.148 e. The van der Waals surface area contributed by atoms with Crippen LogP contribution in [0.3, 0.4) is 0 Å². The van der Waals surface area contributed by atoms with Gasteiger partial charge in [-0.1, -0.05) is 48.0 Å². The molecular formula is C25H23ClN2O2. The van der Waals surface area contributed by atoms with Crippen molar-refractivity contribution in [3.63, 3.8) is 0 Å². The molecule has 5 heteroatoms. The zero-order chi connectivity index (χ0) is 20.8. The van der Waals surface area contributed by atoms with Crippen molar-refractivity contribution in [2.75, 3.05) is 6.61 Å². The zero-order valence-corrected chi connectivity index (χ0v) is 17.4. The Labute approximate surface area is 181 Å². The van der Waals surface area contributed by atoms with Crippen molar-refractivity contribution in [2.24, 2.45) is 0 Å². The molecule has 0 saturated carbocycles. The number of halogens is 1. The molecule has 0 bridgehead atoms. The van der Waals surface area contributed by atoms with Gasteiger partial charge < -0.3 is 14.0 Å². The standard InChI is InChI=1S/C25H23ClN2O2/c1-2-7-19-8-3-6-11-24(19)29-17-16-28-23-10-5-4-9-22(23)27-25(28)18-30-21-14-12-20(26)13-15-21/h2-6,8-15H,1,7,16-18H2. The summed E-state index contributed by atoms with van der Waals surface area (Å²) in [6.07, 6.45) is 2.67. The number of imidazole rings is 1. The van der Waals surface area contributed by atoms with E-state index < -0.39 is 0 Å². The highest BCUT2D eigenvalue weighted by Gasteiger charge is 2.12. The number of ether oxygens (including phenoxy) is 2. The molecule has 0 spiro atoms. The van der Waals surface area contributed by atoms with Crippen molar-refractivity contribution in [3.05, 3.63) is 102 Å². The molecule has 0 N–H and O–H groups in total. The van der Waals surface area contributed by atoms with E-state index in [-0.39, 0.29) is 0 Å². The average molecular weight is 419 g/mol. The summed E-state index contributed by atoms with van der Waals surface area (Å²) in [6, 6.07) is 23.5. The summed E-state index contributed by atoms with van der Waals surface area (Å²) in [5.41, 5.74) is 3.14. The number of rotatable bonds is 9. The molecule has 3 aromatic carbocycles. The van der Waals surface area contributed by atoms with Crippen LogP contribution in [0.1, 0.15) is 11.4 Å². The molecule has 152 valence electrons. The van der Waals surface area contributed by atoms with Gasteiger partial charge in [-0.15, -0.1) is 6.58 Å². The fraction of sp³-hybridized carbons (Fsp3) is 0.160. The van der Waals surface area contributed by atoms with Crippen molar-refractivity contribution >= 4 is 22.6 Å². The van der Waals surface area contributed by atoms with E-state index in [1.54, 1.807) is 0 Å². The first kappa shape index (κ1) is 20.0. The number of nitrogens with zero attached hydrogens (tertiary/aromatic N) is 2. The van der Waals surface area contributed by atoms with E-state index in [9.17, 15) is 0 Å². The van der Waals surface area contributed by atoms with Crippen LogP contribution >= 0.6 is 11.6 Å². The summed E-state index contributed by atoms with van der Waals surface area (Å²) in [4.78, 5) is 4.76. The molecule has 1 heterocycles. The number of para-hydroxylation sites is 3. The van der Waals surface area contributed by atoms with Gasteiger partial charge in [-0.25, -0.2) is 4.98 Å². The maximum atomic E-state index is 6.09. The number of allylic oxidation sites excluding steroid dienone is 1. The van der Waals surface area contributed by atoms with Crippen LogP contribution in [0.5, 0.6) is 11.5 Å². The summed E-state index contributed by atoms with van der Waals surface area (Å²) in [5.74, 6) is 2.50. The molecule has 0 fully saturated rings. The highest BCUT2D eigenvalue weighted by Crippen LogP contribution is 2.21. The van der Waals surface area contributed by atoms with E-state index in [0.717, 1.165) is 40.3 Å². The summed E-state index contributed by atoms with van der Waals surface area (Å²) >= 11 is 5.95. The molecule has 4 nitrogen and oxygen atoms in total. The number of benzene rings is 3. The van der Waals surface area contributed by atoms with Gasteiger partial charge in [0.1, 0.15) is 30.5 Å². The average Bonchev–Trinajstić information content (AvgIpc) is 3.12. The third-order valence-corrected chi connectivity index (χ3v) is 5.08. The van der Waals surface area contributed by atoms with Gasteiger partial charge in [0.25, 0.3) is 0 Å². The van der Waals surface area contributed by atoms with E-state index in [0.29, 0.717) is 24.8 Å². The quantitative estimate of drug-likeness (QED) is 0.309. The van der Waals surface area contributed by atoms with Crippen molar-refractivity contribution < 1.29 is 9.47 Å². The lowest BCUT2D eigenvalue weighted by atomic mass is 10.1. The Hall–Kier alpha value is -3.24. The summed E-state index contributed by atoms with van der Waals surface area (Å²) < 4.78 is 14.2. The minimum atomic E-state index is 0.364. The largest absolute Gasteiger partial charge is 0.491 e. The normalized spacial score (nSPS) is 10.8. The Morgan fingerprint density at radius 2 is 1.70 bits per heavy atom. The second-order valence-electron chi connectivity index (χ2n) is 6.86. The van der Waals surface area contributed by atoms with E-state index in [4.69, 9.17) is 26.1 Å². The molecule has 0 amide bonds. The molecule has 4 rings (SSSR count). The summed E-state index contributed by atoms with van der Waals surface area (Å²) in [5, 5.41) is 0.684. The summed E-state index contributed by atoms with van der Waals surface area (Å²) in [7, 11) is 0. The van der Waals surface area contributed by atoms with Gasteiger partial charge in [-0.05, 0) is 54.4 Å². The molecular weight excluding hydrogens is 396 g/mol. The SMILES string of the molecule is C=CCc1ccccc1OCCn1c(COc2ccc(Cl)cc2)nc2ccccc21. The smallest absolute Gasteiger partial charge is 0.148 e. The predicted molar refractivity (Wildman–Crippen MR) is 121 cm³/mol. The topological polar surface area (TPSA) is 36.3 Å². The predicted octanol–water partition coefficient (Wildman–Crippen LogP) is 6.08. The van der Waals surface area contributed by atoms with E-state index in [2.05, 4.69) is 23.3 Å². The lowest BCUT2D eigenvalue weighted by molar-refractivity contribution is 0.271. The Morgan fingerprint density at radius 3 is 2.53 bits per heavy atom. The first-order chi connectivity index (χ1) is 14.7. The lowest BCUT2D eigenvalue weighted by Crippen LogP contribution is -2.13. The van der Waals surface area contributed by atoms with Gasteiger partial charge in [0.15, 0.2) is 0 Å². The van der Waals surface area contributed by atoms with Crippen LogP contribution in [-0.2, 0) is 19.6 Å². The third-order valence-electron chi connectivity index (χ3n) is 4.82. The Morgan fingerprint density at radius 1 is 0.933 bits per heavy atom. The first-order valence-electron chi connectivity index (χ1n) is 9.88. The Balaban J connectivity index is 1.50. The van der Waals surface area contributed by atoms with Gasteiger partial charge in [0.05, 0.1) is 17.6 Å². The van der Waals surface area contributed by atoms with Crippen molar-refractivity contribution in [1.82, 2.24) is 9.55 Å². The van der Waals surface area contributed by atoms with Crippen LogP contribution in [0.4, 0.5) is 0 Å². The molecule has 0 aliphatic carbocycles. The molecule has 0 aliphatic rings. The van der Waals surface area contributed by atoms with Gasteiger partial charge in [0, 0.05) is 5.02 Å². The Kier molecular flexibility index (Phi) is 6.35. The number of aromatic nitrogens is 2. The third kappa shape index (κ3) is 4.66. The molecule has 0 aliphatic heterocycles. The van der Waals surface area contributed by atoms with Crippen molar-refractivity contribution in [1.29, 1.82) is 0 Å².